The van der Waals surface area contributed by atoms with Crippen molar-refractivity contribution in [2.75, 3.05) is 6.54 Å². The number of hydrogen-bond donors (Lipinski definition) is 2. The second-order valence-corrected chi connectivity index (χ2v) is 3.08. The molecular weight excluding hydrogens is 198 g/mol. The Kier molecular flexibility index (Phi) is 3.43. The predicted molar refractivity (Wildman–Crippen MR) is 52.6 cm³/mol. The zero-order chi connectivity index (χ0) is 11.4. The van der Waals surface area contributed by atoms with E-state index in [1.54, 1.807) is 0 Å². The zero-order valence-corrected chi connectivity index (χ0v) is 8.60. The van der Waals surface area contributed by atoms with Crippen LogP contribution >= 0.6 is 0 Å². The van der Waals surface area contributed by atoms with Crippen LogP contribution in [-0.4, -0.2) is 33.3 Å². The van der Waals surface area contributed by atoms with Gasteiger partial charge in [-0.2, -0.15) is 5.10 Å². The van der Waals surface area contributed by atoms with E-state index in [1.807, 2.05) is 6.92 Å². The molecule has 0 aliphatic carbocycles. The van der Waals surface area contributed by atoms with Gasteiger partial charge in [-0.05, 0) is 13.8 Å². The first-order chi connectivity index (χ1) is 7.06. The van der Waals surface area contributed by atoms with Gasteiger partial charge in [-0.3, -0.25) is 9.48 Å². The summed E-state index contributed by atoms with van der Waals surface area (Å²) in [6.07, 6.45) is 2.77. The number of hydrogen-bond acceptors (Lipinski definition) is 3. The molecule has 6 nitrogen and oxygen atoms in total. The monoisotopic (exact) mass is 211 g/mol. The maximum absolute atomic E-state index is 11.3. The molecule has 0 aromatic carbocycles. The van der Waals surface area contributed by atoms with E-state index in [4.69, 9.17) is 5.11 Å². The maximum atomic E-state index is 11.3. The Labute approximate surface area is 86.9 Å². The lowest BCUT2D eigenvalue weighted by Gasteiger charge is -2.05. The number of rotatable bonds is 4. The van der Waals surface area contributed by atoms with Gasteiger partial charge >= 0.3 is 5.97 Å². The smallest absolute Gasteiger partial charge is 0.328 e. The summed E-state index contributed by atoms with van der Waals surface area (Å²) in [5.74, 6) is -1.23. The highest BCUT2D eigenvalue weighted by atomic mass is 16.4. The third-order valence-electron chi connectivity index (χ3n) is 1.96. The Morgan fingerprint density at radius 1 is 1.67 bits per heavy atom. The normalized spacial score (nSPS) is 12.1. The lowest BCUT2D eigenvalue weighted by molar-refractivity contribution is -0.140. The van der Waals surface area contributed by atoms with E-state index in [2.05, 4.69) is 10.4 Å². The lowest BCUT2D eigenvalue weighted by Crippen LogP contribution is -2.22. The molecule has 1 heterocycles. The second-order valence-electron chi connectivity index (χ2n) is 3.08. The van der Waals surface area contributed by atoms with Crippen LogP contribution in [-0.2, 0) is 4.79 Å². The molecule has 0 radical (unpaired) electrons. The number of carboxylic acid groups (broad SMARTS) is 1. The summed E-state index contributed by atoms with van der Waals surface area (Å²) in [6.45, 7) is 3.83. The number of carbonyl (C=O) groups is 2. The third-order valence-corrected chi connectivity index (χ3v) is 1.96. The SMILES string of the molecule is CCNC(=O)c1cnn(C(C)C(=O)O)c1. The van der Waals surface area contributed by atoms with Gasteiger partial charge in [0, 0.05) is 12.7 Å². The van der Waals surface area contributed by atoms with E-state index in [-0.39, 0.29) is 5.91 Å². The number of carboxylic acids is 1. The van der Waals surface area contributed by atoms with Crippen LogP contribution in [0.3, 0.4) is 0 Å². The predicted octanol–water partition coefficient (Wildman–Crippen LogP) is 0.278. The highest BCUT2D eigenvalue weighted by molar-refractivity contribution is 5.93. The summed E-state index contributed by atoms with van der Waals surface area (Å²) < 4.78 is 1.24. The van der Waals surface area contributed by atoms with Crippen LogP contribution < -0.4 is 5.32 Å². The molecule has 0 bridgehead atoms. The Balaban J connectivity index is 2.80. The van der Waals surface area contributed by atoms with Crippen LogP contribution in [0.5, 0.6) is 0 Å². The van der Waals surface area contributed by atoms with Gasteiger partial charge in [0.1, 0.15) is 6.04 Å². The maximum Gasteiger partial charge on any atom is 0.328 e. The number of amides is 1. The average Bonchev–Trinajstić information content (AvgIpc) is 2.65. The quantitative estimate of drug-likeness (QED) is 0.749. The first-order valence-corrected chi connectivity index (χ1v) is 4.61. The molecule has 6 heteroatoms. The molecule has 0 saturated heterocycles. The van der Waals surface area contributed by atoms with Gasteiger partial charge in [-0.15, -0.1) is 0 Å². The van der Waals surface area contributed by atoms with Crippen molar-refractivity contribution in [3.8, 4) is 0 Å². The van der Waals surface area contributed by atoms with Crippen LogP contribution in [0.1, 0.15) is 30.2 Å². The molecule has 15 heavy (non-hydrogen) atoms. The van der Waals surface area contributed by atoms with Gasteiger partial charge < -0.3 is 10.4 Å². The van der Waals surface area contributed by atoms with Crippen molar-refractivity contribution in [1.82, 2.24) is 15.1 Å². The minimum absolute atomic E-state index is 0.249. The molecule has 0 spiro atoms. The van der Waals surface area contributed by atoms with Crippen molar-refractivity contribution in [3.63, 3.8) is 0 Å². The molecule has 1 amide bonds. The van der Waals surface area contributed by atoms with Crippen LogP contribution in [0.2, 0.25) is 0 Å². The van der Waals surface area contributed by atoms with Crippen LogP contribution in [0.25, 0.3) is 0 Å². The van der Waals surface area contributed by atoms with Crippen LogP contribution in [0.4, 0.5) is 0 Å². The van der Waals surface area contributed by atoms with Gasteiger partial charge in [-0.1, -0.05) is 0 Å². The van der Waals surface area contributed by atoms with E-state index in [9.17, 15) is 9.59 Å². The Bertz CT molecular complexity index is 372. The summed E-state index contributed by atoms with van der Waals surface area (Å²) in [7, 11) is 0. The van der Waals surface area contributed by atoms with E-state index in [1.165, 1.54) is 24.0 Å². The molecule has 82 valence electrons. The summed E-state index contributed by atoms with van der Waals surface area (Å²) >= 11 is 0. The Morgan fingerprint density at radius 2 is 2.33 bits per heavy atom. The van der Waals surface area contributed by atoms with Gasteiger partial charge in [0.15, 0.2) is 0 Å². The largest absolute Gasteiger partial charge is 0.480 e. The fraction of sp³-hybridized carbons (Fsp3) is 0.444. The first kappa shape index (κ1) is 11.2. The molecule has 0 aliphatic rings. The van der Waals surface area contributed by atoms with E-state index in [0.29, 0.717) is 12.1 Å². The van der Waals surface area contributed by atoms with Gasteiger partial charge in [0.2, 0.25) is 0 Å². The second kappa shape index (κ2) is 4.59. The van der Waals surface area contributed by atoms with Gasteiger partial charge in [0.05, 0.1) is 11.8 Å². The fourth-order valence-corrected chi connectivity index (χ4v) is 1.04. The topological polar surface area (TPSA) is 84.2 Å². The number of nitrogens with zero attached hydrogens (tertiary/aromatic N) is 2. The Hall–Kier alpha value is -1.85. The molecule has 1 rings (SSSR count). The highest BCUT2D eigenvalue weighted by Gasteiger charge is 2.15. The summed E-state index contributed by atoms with van der Waals surface area (Å²) in [6, 6.07) is -0.770. The minimum Gasteiger partial charge on any atom is -0.480 e. The minimum atomic E-state index is -0.986. The van der Waals surface area contributed by atoms with Gasteiger partial charge in [-0.25, -0.2) is 4.79 Å². The first-order valence-electron chi connectivity index (χ1n) is 4.61. The molecule has 1 aromatic rings. The molecular formula is C9H13N3O3. The average molecular weight is 211 g/mol. The van der Waals surface area contributed by atoms with Crippen molar-refractivity contribution in [3.05, 3.63) is 18.0 Å². The molecule has 0 aliphatic heterocycles. The van der Waals surface area contributed by atoms with Crippen LogP contribution in [0, 0.1) is 0 Å². The highest BCUT2D eigenvalue weighted by Crippen LogP contribution is 2.06. The molecule has 0 fully saturated rings. The number of carbonyl (C=O) groups excluding carboxylic acids is 1. The third kappa shape index (κ3) is 2.55. The molecule has 0 saturated carbocycles. The summed E-state index contributed by atoms with van der Waals surface area (Å²) in [5.41, 5.74) is 0.366. The van der Waals surface area contributed by atoms with Gasteiger partial charge in [0.25, 0.3) is 5.91 Å². The fourth-order valence-electron chi connectivity index (χ4n) is 1.04. The number of aliphatic carboxylic acids is 1. The van der Waals surface area contributed by atoms with E-state index >= 15 is 0 Å². The standard InChI is InChI=1S/C9H13N3O3/c1-3-10-8(13)7-4-11-12(5-7)6(2)9(14)15/h4-6H,3H2,1-2H3,(H,10,13)(H,14,15). The van der Waals surface area contributed by atoms with E-state index in [0.717, 1.165) is 0 Å². The van der Waals surface area contributed by atoms with Crippen molar-refractivity contribution in [2.24, 2.45) is 0 Å². The Morgan fingerprint density at radius 3 is 2.87 bits per heavy atom. The molecule has 1 atom stereocenters. The van der Waals surface area contributed by atoms with Crippen LogP contribution in [0.15, 0.2) is 12.4 Å². The van der Waals surface area contributed by atoms with E-state index < -0.39 is 12.0 Å². The number of nitrogens with one attached hydrogen (secondary N) is 1. The lowest BCUT2D eigenvalue weighted by atomic mass is 10.3. The zero-order valence-electron chi connectivity index (χ0n) is 8.60. The van der Waals surface area contributed by atoms with Crippen molar-refractivity contribution < 1.29 is 14.7 Å². The molecule has 1 aromatic heterocycles. The summed E-state index contributed by atoms with van der Waals surface area (Å²) in [4.78, 5) is 22.0. The molecule has 1 unspecified atom stereocenters. The molecule has 2 N–H and O–H groups in total. The van der Waals surface area contributed by atoms with Crippen molar-refractivity contribution in [2.45, 2.75) is 19.9 Å². The van der Waals surface area contributed by atoms with Crippen molar-refractivity contribution >= 4 is 11.9 Å². The summed E-state index contributed by atoms with van der Waals surface area (Å²) in [5, 5.41) is 15.1. The van der Waals surface area contributed by atoms with Crippen molar-refractivity contribution in [1.29, 1.82) is 0 Å². The number of aromatic nitrogens is 2.